The van der Waals surface area contributed by atoms with E-state index < -0.39 is 29.4 Å². The Labute approximate surface area is 164 Å². The van der Waals surface area contributed by atoms with Crippen molar-refractivity contribution < 1.29 is 0 Å². The van der Waals surface area contributed by atoms with E-state index in [1.807, 2.05) is 0 Å². The predicted octanol–water partition coefficient (Wildman–Crippen LogP) is 7.04. The molecular formula is C22H36Si4. The molecular weight excluding hydrogens is 377 g/mol. The zero-order chi connectivity index (χ0) is 19.5. The normalized spacial score (nSPS) is 15.7. The molecule has 26 heavy (non-hydrogen) atoms. The first-order valence-electron chi connectivity index (χ1n) is 10.0. The minimum atomic E-state index is -1.55. The van der Waals surface area contributed by atoms with Gasteiger partial charge in [0.1, 0.15) is 0 Å². The lowest BCUT2D eigenvalue weighted by atomic mass is 10.1. The lowest BCUT2D eigenvalue weighted by Gasteiger charge is -2.61. The van der Waals surface area contributed by atoms with Gasteiger partial charge in [-0.2, -0.15) is 0 Å². The highest BCUT2D eigenvalue weighted by Gasteiger charge is 2.66. The van der Waals surface area contributed by atoms with Gasteiger partial charge in [-0.05, 0) is 27.8 Å². The molecule has 4 heteroatoms. The zero-order valence-electron chi connectivity index (χ0n) is 18.2. The van der Waals surface area contributed by atoms with Crippen LogP contribution in [0.5, 0.6) is 0 Å². The van der Waals surface area contributed by atoms with Crippen molar-refractivity contribution in [2.75, 3.05) is 0 Å². The highest BCUT2D eigenvalue weighted by atomic mass is 29.9. The van der Waals surface area contributed by atoms with Crippen molar-refractivity contribution in [3.63, 3.8) is 0 Å². The summed E-state index contributed by atoms with van der Waals surface area (Å²) in [6.07, 6.45) is 0. The summed E-state index contributed by atoms with van der Waals surface area (Å²) in [5.74, 6) is 0. The summed E-state index contributed by atoms with van der Waals surface area (Å²) in [6.45, 7) is 22.9. The lowest BCUT2D eigenvalue weighted by Crippen LogP contribution is -2.85. The first kappa shape index (κ1) is 20.1. The third kappa shape index (κ3) is 2.64. The maximum atomic E-state index is 2.72. The number of fused-ring (bicyclic) bond motifs is 3. The van der Waals surface area contributed by atoms with Gasteiger partial charge in [-0.3, -0.25) is 0 Å². The van der Waals surface area contributed by atoms with Gasteiger partial charge in [-0.25, -0.2) is 0 Å². The zero-order valence-corrected chi connectivity index (χ0v) is 22.2. The molecule has 0 atom stereocenters. The first-order chi connectivity index (χ1) is 11.8. The Hall–Kier alpha value is -0.692. The van der Waals surface area contributed by atoms with Gasteiger partial charge in [-0.15, -0.1) is 0 Å². The molecule has 0 aliphatic heterocycles. The van der Waals surface area contributed by atoms with Crippen LogP contribution < -0.4 is 0 Å². The molecule has 2 aromatic carbocycles. The quantitative estimate of drug-likeness (QED) is 0.472. The van der Waals surface area contributed by atoms with E-state index in [0.29, 0.717) is 0 Å². The number of hydrogen-bond donors (Lipinski definition) is 0. The van der Waals surface area contributed by atoms with E-state index >= 15 is 0 Å². The second-order valence-corrected chi connectivity index (χ2v) is 52.0. The van der Waals surface area contributed by atoms with E-state index in [1.54, 1.807) is 11.1 Å². The SMILES string of the molecule is C[Si](C)(C)[Si](C1c2ccccc2-c2ccccc21)([Si](C)(C)C)[Si](C)(C)C. The van der Waals surface area contributed by atoms with E-state index in [1.165, 1.54) is 11.1 Å². The van der Waals surface area contributed by atoms with Gasteiger partial charge in [0.2, 0.25) is 0 Å². The van der Waals surface area contributed by atoms with Gasteiger partial charge < -0.3 is 0 Å². The molecule has 1 aliphatic rings. The number of benzene rings is 2. The Morgan fingerprint density at radius 2 is 0.808 bits per heavy atom. The van der Waals surface area contributed by atoms with Gasteiger partial charge >= 0.3 is 0 Å². The van der Waals surface area contributed by atoms with Crippen molar-refractivity contribution >= 4 is 29.4 Å². The summed E-state index contributed by atoms with van der Waals surface area (Å²) in [5, 5.41) is 0. The Morgan fingerprint density at radius 3 is 1.12 bits per heavy atom. The maximum Gasteiger partial charge on any atom is 0.0510 e. The Balaban J connectivity index is 2.47. The van der Waals surface area contributed by atoms with Gasteiger partial charge in [-0.1, -0.05) is 107 Å². The van der Waals surface area contributed by atoms with Crippen LogP contribution in [0.1, 0.15) is 16.7 Å². The molecule has 1 aliphatic carbocycles. The van der Waals surface area contributed by atoms with Crippen molar-refractivity contribution in [2.45, 2.75) is 64.5 Å². The van der Waals surface area contributed by atoms with Crippen LogP contribution >= 0.6 is 0 Å². The van der Waals surface area contributed by atoms with E-state index in [4.69, 9.17) is 0 Å². The van der Waals surface area contributed by atoms with Crippen molar-refractivity contribution in [3.8, 4) is 11.1 Å². The molecule has 0 amide bonds. The summed E-state index contributed by atoms with van der Waals surface area (Å²) in [7, 11) is -4.04. The van der Waals surface area contributed by atoms with Crippen LogP contribution in [-0.4, -0.2) is 29.4 Å². The van der Waals surface area contributed by atoms with Crippen LogP contribution in [0.4, 0.5) is 0 Å². The molecule has 0 bridgehead atoms. The molecule has 0 unspecified atom stereocenters. The molecule has 0 nitrogen and oxygen atoms in total. The molecule has 0 fully saturated rings. The van der Waals surface area contributed by atoms with E-state index in [-0.39, 0.29) is 0 Å². The van der Waals surface area contributed by atoms with Gasteiger partial charge in [0.15, 0.2) is 0 Å². The van der Waals surface area contributed by atoms with Crippen molar-refractivity contribution in [1.29, 1.82) is 0 Å². The molecule has 0 saturated heterocycles. The van der Waals surface area contributed by atoms with E-state index in [2.05, 4.69) is 107 Å². The second-order valence-electron chi connectivity index (χ2n) is 11.2. The fraction of sp³-hybridized carbons (Fsp3) is 0.455. The molecule has 140 valence electrons. The van der Waals surface area contributed by atoms with Crippen LogP contribution in [0.3, 0.4) is 0 Å². The predicted molar refractivity (Wildman–Crippen MR) is 130 cm³/mol. The van der Waals surface area contributed by atoms with Crippen molar-refractivity contribution in [1.82, 2.24) is 0 Å². The third-order valence-electron chi connectivity index (χ3n) is 6.82. The van der Waals surface area contributed by atoms with Crippen LogP contribution in [0.15, 0.2) is 48.5 Å². The fourth-order valence-electron chi connectivity index (χ4n) is 7.30. The summed E-state index contributed by atoms with van der Waals surface area (Å²) >= 11 is 0. The summed E-state index contributed by atoms with van der Waals surface area (Å²) < 4.78 is 0. The Bertz CT molecular complexity index is 737. The van der Waals surface area contributed by atoms with Crippen molar-refractivity contribution in [2.24, 2.45) is 0 Å². The molecule has 3 rings (SSSR count). The molecule has 0 spiro atoms. The fourth-order valence-corrected chi connectivity index (χ4v) is 110. The van der Waals surface area contributed by atoms with Gasteiger partial charge in [0.05, 0.1) is 6.63 Å². The summed E-state index contributed by atoms with van der Waals surface area (Å²) in [4.78, 5) is 0. The highest BCUT2D eigenvalue weighted by Crippen LogP contribution is 2.55. The van der Waals surface area contributed by atoms with Gasteiger partial charge in [0, 0.05) is 22.8 Å². The Morgan fingerprint density at radius 1 is 0.500 bits per heavy atom. The van der Waals surface area contributed by atoms with Crippen LogP contribution in [0.25, 0.3) is 11.1 Å². The average Bonchev–Trinajstić information content (AvgIpc) is 2.79. The third-order valence-corrected chi connectivity index (χ3v) is 79.8. The smallest absolute Gasteiger partial charge is 0.0510 e. The second kappa shape index (κ2) is 6.16. The minimum absolute atomic E-state index is 0.722. The first-order valence-corrected chi connectivity index (χ1v) is 25.6. The monoisotopic (exact) mass is 412 g/mol. The molecule has 0 aromatic heterocycles. The molecule has 0 radical (unpaired) electrons. The Kier molecular flexibility index (Phi) is 4.75. The lowest BCUT2D eigenvalue weighted by molar-refractivity contribution is 1.16. The number of rotatable bonds is 4. The number of hydrogen-bond acceptors (Lipinski definition) is 0. The molecule has 2 aromatic rings. The molecule has 0 saturated carbocycles. The standard InChI is InChI=1S/C22H36Si4/c1-23(2,3)26(24(4,5)6,25(7,8)9)22-20-16-12-10-14-18(20)19-15-11-13-17-21(19)22/h10-17,22H,1-9H3. The van der Waals surface area contributed by atoms with E-state index in [0.717, 1.165) is 5.54 Å². The molecule has 0 N–H and O–H groups in total. The average molecular weight is 413 g/mol. The van der Waals surface area contributed by atoms with Crippen molar-refractivity contribution in [3.05, 3.63) is 59.7 Å². The van der Waals surface area contributed by atoms with Gasteiger partial charge in [0.25, 0.3) is 0 Å². The highest BCUT2D eigenvalue weighted by molar-refractivity contribution is 7.89. The summed E-state index contributed by atoms with van der Waals surface area (Å²) in [5.41, 5.74) is 7.12. The van der Waals surface area contributed by atoms with Crippen LogP contribution in [0, 0.1) is 0 Å². The topological polar surface area (TPSA) is 0 Å². The van der Waals surface area contributed by atoms with E-state index in [9.17, 15) is 0 Å². The maximum absolute atomic E-state index is 2.72. The molecule has 0 heterocycles. The minimum Gasteiger partial charge on any atom is -0.0718 e. The summed E-state index contributed by atoms with van der Waals surface area (Å²) in [6, 6.07) is 18.8. The van der Waals surface area contributed by atoms with Crippen LogP contribution in [0.2, 0.25) is 58.9 Å². The largest absolute Gasteiger partial charge is 0.0718 e. The van der Waals surface area contributed by atoms with Crippen LogP contribution in [-0.2, 0) is 0 Å².